The van der Waals surface area contributed by atoms with Crippen LogP contribution in [0.2, 0.25) is 0 Å². The van der Waals surface area contributed by atoms with E-state index in [1.54, 1.807) is 0 Å². The quantitative estimate of drug-likeness (QED) is 0.549. The van der Waals surface area contributed by atoms with Gasteiger partial charge in [-0.3, -0.25) is 0 Å². The predicted octanol–water partition coefficient (Wildman–Crippen LogP) is 5.70. The smallest absolute Gasteiger partial charge is 0.0456 e. The van der Waals surface area contributed by atoms with Gasteiger partial charge in [-0.05, 0) is 67.3 Å². The molecule has 2 N–H and O–H groups in total. The van der Waals surface area contributed by atoms with Crippen LogP contribution in [0.3, 0.4) is 0 Å². The van der Waals surface area contributed by atoms with Crippen molar-refractivity contribution in [3.63, 3.8) is 0 Å². The third-order valence-electron chi connectivity index (χ3n) is 5.23. The van der Waals surface area contributed by atoms with Gasteiger partial charge < -0.3 is 10.3 Å². The van der Waals surface area contributed by atoms with E-state index in [9.17, 15) is 0 Å². The van der Waals surface area contributed by atoms with E-state index in [1.807, 2.05) is 11.3 Å². The van der Waals surface area contributed by atoms with E-state index in [0.717, 1.165) is 6.54 Å². The van der Waals surface area contributed by atoms with E-state index < -0.39 is 0 Å². The van der Waals surface area contributed by atoms with Gasteiger partial charge in [-0.25, -0.2) is 0 Å². The van der Waals surface area contributed by atoms with Crippen LogP contribution in [0, 0.1) is 6.92 Å². The average molecular weight is 351 g/mol. The Labute approximate surface area is 154 Å². The second-order valence-corrected chi connectivity index (χ2v) is 8.07. The minimum absolute atomic E-state index is 0.632. The molecule has 1 aliphatic rings. The van der Waals surface area contributed by atoms with Crippen molar-refractivity contribution in [2.24, 2.45) is 0 Å². The largest absolute Gasteiger partial charge is 0.361 e. The van der Waals surface area contributed by atoms with Gasteiger partial charge in [-0.2, -0.15) is 0 Å². The molecule has 3 heterocycles. The van der Waals surface area contributed by atoms with E-state index in [-0.39, 0.29) is 0 Å². The summed E-state index contributed by atoms with van der Waals surface area (Å²) in [5, 5.41) is 7.24. The van der Waals surface area contributed by atoms with Gasteiger partial charge in [0.1, 0.15) is 0 Å². The van der Waals surface area contributed by atoms with Crippen molar-refractivity contribution in [1.82, 2.24) is 10.3 Å². The number of thiophene rings is 1. The number of hydrogen-bond donors (Lipinski definition) is 2. The Balaban J connectivity index is 1.28. The molecule has 1 unspecified atom stereocenters. The Morgan fingerprint density at radius 1 is 1.20 bits per heavy atom. The zero-order valence-electron chi connectivity index (χ0n) is 14.8. The summed E-state index contributed by atoms with van der Waals surface area (Å²) in [5.41, 5.74) is 5.60. The third-order valence-corrected chi connectivity index (χ3v) is 6.18. The molecule has 4 rings (SSSR count). The zero-order chi connectivity index (χ0) is 17.1. The molecule has 1 aromatic carbocycles. The number of hydrogen-bond acceptors (Lipinski definition) is 2. The summed E-state index contributed by atoms with van der Waals surface area (Å²) in [6.45, 7) is 3.18. The molecule has 0 saturated carbocycles. The van der Waals surface area contributed by atoms with Crippen LogP contribution >= 0.6 is 11.3 Å². The van der Waals surface area contributed by atoms with Crippen LogP contribution < -0.4 is 5.32 Å². The maximum atomic E-state index is 3.66. The number of aromatic amines is 1. The van der Waals surface area contributed by atoms with Crippen molar-refractivity contribution in [2.45, 2.75) is 45.1 Å². The van der Waals surface area contributed by atoms with E-state index in [4.69, 9.17) is 0 Å². The fourth-order valence-corrected chi connectivity index (χ4v) is 4.62. The number of H-pyrrole nitrogens is 1. The van der Waals surface area contributed by atoms with E-state index in [1.165, 1.54) is 64.6 Å². The topological polar surface area (TPSA) is 27.8 Å². The monoisotopic (exact) mass is 350 g/mol. The molecule has 25 heavy (non-hydrogen) atoms. The first-order valence-corrected chi connectivity index (χ1v) is 10.2. The van der Waals surface area contributed by atoms with Gasteiger partial charge in [0, 0.05) is 34.6 Å². The second kappa shape index (κ2) is 7.59. The summed E-state index contributed by atoms with van der Waals surface area (Å²) >= 11 is 1.86. The van der Waals surface area contributed by atoms with Crippen LogP contribution in [-0.2, 0) is 6.42 Å². The molecule has 2 nitrogen and oxygen atoms in total. The van der Waals surface area contributed by atoms with Crippen LogP contribution in [0.25, 0.3) is 16.5 Å². The molecule has 3 heteroatoms. The molecule has 0 amide bonds. The molecule has 0 spiro atoms. The van der Waals surface area contributed by atoms with Crippen molar-refractivity contribution in [2.75, 3.05) is 6.54 Å². The lowest BCUT2D eigenvalue weighted by molar-refractivity contribution is 0.477. The van der Waals surface area contributed by atoms with Crippen molar-refractivity contribution >= 4 is 27.8 Å². The molecule has 3 aromatic rings. The van der Waals surface area contributed by atoms with Crippen molar-refractivity contribution < 1.29 is 0 Å². The lowest BCUT2D eigenvalue weighted by Crippen LogP contribution is -2.32. The Morgan fingerprint density at radius 3 is 3.04 bits per heavy atom. The molecule has 0 saturated heterocycles. The number of aryl methyl sites for hydroxylation is 2. The number of aromatic nitrogens is 1. The Bertz CT molecular complexity index is 857. The molecule has 0 radical (unpaired) electrons. The highest BCUT2D eigenvalue weighted by atomic mass is 32.1. The maximum absolute atomic E-state index is 3.66. The second-order valence-electron chi connectivity index (χ2n) is 7.12. The SMILES string of the molecule is Cc1ccc2[nH]cc(CCCCC3CC(c4cccs4)=CCN3)c2c1. The lowest BCUT2D eigenvalue weighted by atomic mass is 9.95. The molecule has 2 aromatic heterocycles. The number of unbranched alkanes of at least 4 members (excludes halogenated alkanes) is 1. The fourth-order valence-electron chi connectivity index (χ4n) is 3.84. The van der Waals surface area contributed by atoms with E-state index in [2.05, 4.69) is 65.2 Å². The highest BCUT2D eigenvalue weighted by molar-refractivity contribution is 7.11. The van der Waals surface area contributed by atoms with Gasteiger partial charge in [-0.15, -0.1) is 11.3 Å². The average Bonchev–Trinajstić information content (AvgIpc) is 3.29. The highest BCUT2D eigenvalue weighted by Gasteiger charge is 2.16. The molecule has 0 aliphatic carbocycles. The Hall–Kier alpha value is -1.84. The van der Waals surface area contributed by atoms with E-state index in [0.29, 0.717) is 6.04 Å². The van der Waals surface area contributed by atoms with Crippen molar-refractivity contribution in [1.29, 1.82) is 0 Å². The Kier molecular flexibility index (Phi) is 5.04. The number of nitrogens with one attached hydrogen (secondary N) is 2. The summed E-state index contributed by atoms with van der Waals surface area (Å²) in [6.07, 6.45) is 10.7. The first kappa shape index (κ1) is 16.6. The number of fused-ring (bicyclic) bond motifs is 1. The predicted molar refractivity (Wildman–Crippen MR) is 109 cm³/mol. The van der Waals surface area contributed by atoms with Crippen LogP contribution in [0.15, 0.2) is 48.0 Å². The molecule has 0 fully saturated rings. The van der Waals surface area contributed by atoms with Crippen LogP contribution in [-0.4, -0.2) is 17.6 Å². The molecule has 1 aliphatic heterocycles. The zero-order valence-corrected chi connectivity index (χ0v) is 15.7. The Morgan fingerprint density at radius 2 is 2.16 bits per heavy atom. The van der Waals surface area contributed by atoms with Crippen LogP contribution in [0.4, 0.5) is 0 Å². The van der Waals surface area contributed by atoms with E-state index >= 15 is 0 Å². The van der Waals surface area contributed by atoms with Gasteiger partial charge in [0.25, 0.3) is 0 Å². The van der Waals surface area contributed by atoms with Gasteiger partial charge in [-0.1, -0.05) is 30.2 Å². The normalized spacial score (nSPS) is 17.8. The summed E-state index contributed by atoms with van der Waals surface area (Å²) in [6, 6.07) is 11.7. The van der Waals surface area contributed by atoms with Crippen molar-refractivity contribution in [3.8, 4) is 0 Å². The van der Waals surface area contributed by atoms with Crippen LogP contribution in [0.5, 0.6) is 0 Å². The third kappa shape index (κ3) is 3.88. The molecule has 0 bridgehead atoms. The fraction of sp³-hybridized carbons (Fsp3) is 0.364. The van der Waals surface area contributed by atoms with Crippen LogP contribution in [0.1, 0.15) is 41.7 Å². The lowest BCUT2D eigenvalue weighted by Gasteiger charge is -2.24. The summed E-state index contributed by atoms with van der Waals surface area (Å²) in [4.78, 5) is 4.85. The van der Waals surface area contributed by atoms with Gasteiger partial charge >= 0.3 is 0 Å². The minimum Gasteiger partial charge on any atom is -0.361 e. The molecular formula is C22H26N2S. The van der Waals surface area contributed by atoms with Gasteiger partial charge in [0.2, 0.25) is 0 Å². The maximum Gasteiger partial charge on any atom is 0.0456 e. The molecule has 130 valence electrons. The van der Waals surface area contributed by atoms with Gasteiger partial charge in [0.05, 0.1) is 0 Å². The summed E-state index contributed by atoms with van der Waals surface area (Å²) in [7, 11) is 0. The minimum atomic E-state index is 0.632. The molecule has 1 atom stereocenters. The number of rotatable bonds is 6. The number of benzene rings is 1. The first-order chi connectivity index (χ1) is 12.3. The van der Waals surface area contributed by atoms with Crippen molar-refractivity contribution in [3.05, 3.63) is 64.0 Å². The summed E-state index contributed by atoms with van der Waals surface area (Å²) < 4.78 is 0. The highest BCUT2D eigenvalue weighted by Crippen LogP contribution is 2.28. The molecular weight excluding hydrogens is 324 g/mol. The summed E-state index contributed by atoms with van der Waals surface area (Å²) in [5.74, 6) is 0. The standard InChI is InChI=1S/C22H26N2S/c1-16-8-9-21-20(13-16)18(15-24-21)5-2-3-6-19-14-17(10-11-23-19)22-7-4-12-25-22/h4,7-10,12-13,15,19,23-24H,2-3,5-6,11,14H2,1H3. The van der Waals surface area contributed by atoms with Gasteiger partial charge in [0.15, 0.2) is 0 Å². The first-order valence-electron chi connectivity index (χ1n) is 9.32.